The first-order valence-electron chi connectivity index (χ1n) is 7.93. The summed E-state index contributed by atoms with van der Waals surface area (Å²) in [6.45, 7) is 1.60. The molecule has 1 aromatic rings. The Morgan fingerprint density at radius 3 is 2.50 bits per heavy atom. The van der Waals surface area contributed by atoms with Gasteiger partial charge < -0.3 is 10.2 Å². The first kappa shape index (κ1) is 16.8. The summed E-state index contributed by atoms with van der Waals surface area (Å²) in [7, 11) is 0. The first-order valence-corrected chi connectivity index (χ1v) is 9.09. The van der Waals surface area contributed by atoms with Crippen LogP contribution in [0, 0.1) is 16.0 Å². The van der Waals surface area contributed by atoms with Crippen molar-refractivity contribution in [1.29, 1.82) is 0 Å². The minimum Gasteiger partial charge on any atom is -0.341 e. The quantitative estimate of drug-likeness (QED) is 0.641. The summed E-state index contributed by atoms with van der Waals surface area (Å²) in [4.78, 5) is 36.2. The highest BCUT2D eigenvalue weighted by Gasteiger charge is 2.53. The van der Waals surface area contributed by atoms with Crippen molar-refractivity contribution in [3.8, 4) is 0 Å². The fraction of sp³-hybridized carbons (Fsp3) is 0.500. The third-order valence-electron chi connectivity index (χ3n) is 4.30. The maximum atomic E-state index is 12.2. The van der Waals surface area contributed by atoms with Crippen LogP contribution in [0.4, 0.5) is 5.69 Å². The van der Waals surface area contributed by atoms with Crippen LogP contribution in [-0.4, -0.2) is 52.3 Å². The monoisotopic (exact) mass is 349 g/mol. The molecule has 2 fully saturated rings. The van der Waals surface area contributed by atoms with Crippen LogP contribution in [0.1, 0.15) is 12.0 Å². The molecule has 2 atom stereocenters. The van der Waals surface area contributed by atoms with E-state index in [0.717, 1.165) is 30.2 Å². The number of nitro groups is 1. The molecule has 7 nitrogen and oxygen atoms in total. The zero-order valence-electron chi connectivity index (χ0n) is 13.1. The second kappa shape index (κ2) is 7.21. The van der Waals surface area contributed by atoms with E-state index in [1.807, 2.05) is 28.8 Å². The molecule has 3 rings (SSSR count). The van der Waals surface area contributed by atoms with Crippen molar-refractivity contribution in [3.05, 3.63) is 39.9 Å². The van der Waals surface area contributed by atoms with Gasteiger partial charge in [-0.1, -0.05) is 12.1 Å². The lowest BCUT2D eigenvalue weighted by Gasteiger charge is -2.26. The summed E-state index contributed by atoms with van der Waals surface area (Å²) in [5.74, 6) is 1.26. The second-order valence-electron chi connectivity index (χ2n) is 6.05. The summed E-state index contributed by atoms with van der Waals surface area (Å²) in [5, 5.41) is 13.3. The van der Waals surface area contributed by atoms with Gasteiger partial charge in [-0.3, -0.25) is 19.7 Å². The highest BCUT2D eigenvalue weighted by Crippen LogP contribution is 2.34. The van der Waals surface area contributed by atoms with E-state index >= 15 is 0 Å². The zero-order valence-corrected chi connectivity index (χ0v) is 14.0. The van der Waals surface area contributed by atoms with Gasteiger partial charge in [0.1, 0.15) is 5.92 Å². The number of hydrogen-bond acceptors (Lipinski definition) is 5. The third kappa shape index (κ3) is 4.05. The second-order valence-corrected chi connectivity index (χ2v) is 7.28. The van der Waals surface area contributed by atoms with E-state index in [2.05, 4.69) is 5.32 Å². The van der Waals surface area contributed by atoms with Gasteiger partial charge in [0.05, 0.1) is 6.42 Å². The first-order chi connectivity index (χ1) is 11.5. The van der Waals surface area contributed by atoms with Gasteiger partial charge in [0, 0.05) is 41.6 Å². The number of nitrogens with zero attached hydrogens (tertiary/aromatic N) is 2. The van der Waals surface area contributed by atoms with Crippen molar-refractivity contribution < 1.29 is 14.5 Å². The largest absolute Gasteiger partial charge is 0.341 e. The van der Waals surface area contributed by atoms with E-state index < -0.39 is 16.9 Å². The summed E-state index contributed by atoms with van der Waals surface area (Å²) >= 11 is 1.86. The number of nitrogens with one attached hydrogen (secondary N) is 1. The van der Waals surface area contributed by atoms with E-state index in [4.69, 9.17) is 0 Å². The molecule has 0 spiro atoms. The SMILES string of the molecule is O=C(Nc1ccc(CC(=O)N2CCSCC2)cc1)[C@H]1C[C@H]1[N+](=O)[O-]. The van der Waals surface area contributed by atoms with Crippen LogP contribution in [0.25, 0.3) is 0 Å². The van der Waals surface area contributed by atoms with Crippen LogP contribution in [0.3, 0.4) is 0 Å². The van der Waals surface area contributed by atoms with Crippen LogP contribution in [0.15, 0.2) is 24.3 Å². The highest BCUT2D eigenvalue weighted by atomic mass is 32.2. The molecular weight excluding hydrogens is 330 g/mol. The van der Waals surface area contributed by atoms with Gasteiger partial charge in [-0.05, 0) is 17.7 Å². The molecule has 24 heavy (non-hydrogen) atoms. The smallest absolute Gasteiger partial charge is 0.234 e. The van der Waals surface area contributed by atoms with E-state index in [0.29, 0.717) is 18.5 Å². The molecule has 0 bridgehead atoms. The number of thioether (sulfide) groups is 1. The summed E-state index contributed by atoms with van der Waals surface area (Å²) in [6, 6.07) is 6.34. The van der Waals surface area contributed by atoms with Crippen LogP contribution >= 0.6 is 11.8 Å². The predicted octanol–water partition coefficient (Wildman–Crippen LogP) is 1.41. The van der Waals surface area contributed by atoms with E-state index in [9.17, 15) is 19.7 Å². The fourth-order valence-corrected chi connectivity index (χ4v) is 3.64. The van der Waals surface area contributed by atoms with Crippen molar-refractivity contribution in [1.82, 2.24) is 4.90 Å². The van der Waals surface area contributed by atoms with E-state index in [-0.39, 0.29) is 11.8 Å². The minimum atomic E-state index is -0.746. The molecular formula is C16H19N3O4S. The lowest BCUT2D eigenvalue weighted by Crippen LogP contribution is -2.38. The lowest BCUT2D eigenvalue weighted by molar-refractivity contribution is -0.497. The van der Waals surface area contributed by atoms with E-state index in [1.165, 1.54) is 0 Å². The number of anilines is 1. The topological polar surface area (TPSA) is 92.6 Å². The Labute approximate surface area is 143 Å². The number of carbonyl (C=O) groups excluding carboxylic acids is 2. The standard InChI is InChI=1S/C16H19N3O4S/c20-15(18-5-7-24-8-6-18)9-11-1-3-12(4-2-11)17-16(21)13-10-14(13)19(22)23/h1-4,13-14H,5-10H2,(H,17,21)/t13-,14+/m0/s1. The lowest BCUT2D eigenvalue weighted by atomic mass is 10.1. The van der Waals surface area contributed by atoms with Crippen LogP contribution < -0.4 is 5.32 Å². The molecule has 1 aromatic carbocycles. The Hall–Kier alpha value is -2.09. The zero-order chi connectivity index (χ0) is 17.1. The Morgan fingerprint density at radius 1 is 1.25 bits per heavy atom. The number of amides is 2. The van der Waals surface area contributed by atoms with Crippen LogP contribution in [0.2, 0.25) is 0 Å². The number of benzene rings is 1. The van der Waals surface area contributed by atoms with Crippen LogP contribution in [-0.2, 0) is 16.0 Å². The molecule has 0 aromatic heterocycles. The summed E-state index contributed by atoms with van der Waals surface area (Å²) in [6.07, 6.45) is 0.657. The molecule has 1 N–H and O–H groups in total. The van der Waals surface area contributed by atoms with Gasteiger partial charge in [0.2, 0.25) is 17.9 Å². The van der Waals surface area contributed by atoms with Gasteiger partial charge in [-0.2, -0.15) is 11.8 Å². The van der Waals surface area contributed by atoms with Crippen molar-refractivity contribution >= 4 is 29.3 Å². The Kier molecular flexibility index (Phi) is 5.03. The van der Waals surface area contributed by atoms with Crippen molar-refractivity contribution in [2.24, 2.45) is 5.92 Å². The molecule has 2 amide bonds. The predicted molar refractivity (Wildman–Crippen MR) is 91.6 cm³/mol. The fourth-order valence-electron chi connectivity index (χ4n) is 2.74. The average Bonchev–Trinajstić information content (AvgIpc) is 3.38. The third-order valence-corrected chi connectivity index (χ3v) is 5.25. The Bertz CT molecular complexity index is 643. The van der Waals surface area contributed by atoms with Crippen molar-refractivity contribution in [2.45, 2.75) is 18.9 Å². The molecule has 128 valence electrons. The summed E-state index contributed by atoms with van der Waals surface area (Å²) in [5.41, 5.74) is 1.49. The van der Waals surface area contributed by atoms with Gasteiger partial charge in [0.15, 0.2) is 0 Å². The molecule has 0 unspecified atom stereocenters. The molecule has 1 aliphatic heterocycles. The summed E-state index contributed by atoms with van der Waals surface area (Å²) < 4.78 is 0. The molecule has 1 aliphatic carbocycles. The number of hydrogen-bond donors (Lipinski definition) is 1. The van der Waals surface area contributed by atoms with Gasteiger partial charge in [-0.25, -0.2) is 0 Å². The molecule has 1 saturated heterocycles. The Balaban J connectivity index is 1.51. The van der Waals surface area contributed by atoms with E-state index in [1.54, 1.807) is 12.1 Å². The number of rotatable bonds is 5. The molecule has 2 aliphatic rings. The maximum absolute atomic E-state index is 12.2. The van der Waals surface area contributed by atoms with Crippen molar-refractivity contribution in [3.63, 3.8) is 0 Å². The van der Waals surface area contributed by atoms with Gasteiger partial charge in [0.25, 0.3) is 0 Å². The highest BCUT2D eigenvalue weighted by molar-refractivity contribution is 7.99. The van der Waals surface area contributed by atoms with Crippen LogP contribution in [0.5, 0.6) is 0 Å². The normalized spacial score (nSPS) is 22.8. The van der Waals surface area contributed by atoms with Gasteiger partial charge in [-0.15, -0.1) is 0 Å². The Morgan fingerprint density at radius 2 is 1.92 bits per heavy atom. The average molecular weight is 349 g/mol. The van der Waals surface area contributed by atoms with Gasteiger partial charge >= 0.3 is 0 Å². The molecule has 1 saturated carbocycles. The maximum Gasteiger partial charge on any atom is 0.234 e. The minimum absolute atomic E-state index is 0.124. The molecule has 0 radical (unpaired) electrons. The molecule has 1 heterocycles. The van der Waals surface area contributed by atoms with Crippen molar-refractivity contribution in [2.75, 3.05) is 29.9 Å². The number of carbonyl (C=O) groups is 2. The molecule has 8 heteroatoms.